The molecular weight excluding hydrogens is 270 g/mol. The van der Waals surface area contributed by atoms with E-state index in [2.05, 4.69) is 5.32 Å². The minimum absolute atomic E-state index is 0.0599. The van der Waals surface area contributed by atoms with Crippen LogP contribution in [-0.4, -0.2) is 30.3 Å². The maximum atomic E-state index is 11.8. The summed E-state index contributed by atoms with van der Waals surface area (Å²) in [7, 11) is 0. The monoisotopic (exact) mass is 295 g/mol. The van der Waals surface area contributed by atoms with E-state index < -0.39 is 0 Å². The van der Waals surface area contributed by atoms with Gasteiger partial charge in [-0.25, -0.2) is 0 Å². The second kappa shape index (κ2) is 8.52. The van der Waals surface area contributed by atoms with Gasteiger partial charge in [0.15, 0.2) is 18.1 Å². The van der Waals surface area contributed by atoms with E-state index in [9.17, 15) is 4.79 Å². The Morgan fingerprint density at radius 2 is 1.95 bits per heavy atom. The largest absolute Gasteiger partial charge is 0.490 e. The van der Waals surface area contributed by atoms with Crippen molar-refractivity contribution in [3.8, 4) is 11.5 Å². The number of hydrogen-bond donors (Lipinski definition) is 2. The molecular formula is C16H25NO4. The maximum absolute atomic E-state index is 11.8. The van der Waals surface area contributed by atoms with E-state index in [0.29, 0.717) is 24.0 Å². The van der Waals surface area contributed by atoms with Crippen LogP contribution in [0.3, 0.4) is 0 Å². The highest BCUT2D eigenvalue weighted by atomic mass is 16.5. The average Bonchev–Trinajstić information content (AvgIpc) is 2.46. The summed E-state index contributed by atoms with van der Waals surface area (Å²) >= 11 is 0. The van der Waals surface area contributed by atoms with Gasteiger partial charge < -0.3 is 19.9 Å². The molecule has 21 heavy (non-hydrogen) atoms. The Kier molecular flexibility index (Phi) is 7.02. The van der Waals surface area contributed by atoms with E-state index in [0.717, 1.165) is 5.56 Å². The van der Waals surface area contributed by atoms with Crippen LogP contribution in [0.25, 0.3) is 0 Å². The van der Waals surface area contributed by atoms with E-state index >= 15 is 0 Å². The number of benzene rings is 1. The Hall–Kier alpha value is -1.75. The SMILES string of the molecule is CCOc1cc(CO)ccc1OCC(=O)NC(C)C(C)C. The van der Waals surface area contributed by atoms with Crippen molar-refractivity contribution < 1.29 is 19.4 Å². The van der Waals surface area contributed by atoms with Gasteiger partial charge in [-0.15, -0.1) is 0 Å². The van der Waals surface area contributed by atoms with Gasteiger partial charge in [0.1, 0.15) is 0 Å². The van der Waals surface area contributed by atoms with Crippen LogP contribution in [-0.2, 0) is 11.4 Å². The topological polar surface area (TPSA) is 67.8 Å². The van der Waals surface area contributed by atoms with E-state index in [-0.39, 0.29) is 25.2 Å². The fourth-order valence-corrected chi connectivity index (χ4v) is 1.64. The number of amides is 1. The number of aliphatic hydroxyl groups excluding tert-OH is 1. The van der Waals surface area contributed by atoms with Gasteiger partial charge in [0.05, 0.1) is 13.2 Å². The number of hydrogen-bond acceptors (Lipinski definition) is 4. The van der Waals surface area contributed by atoms with Gasteiger partial charge >= 0.3 is 0 Å². The van der Waals surface area contributed by atoms with Crippen molar-refractivity contribution in [3.63, 3.8) is 0 Å². The summed E-state index contributed by atoms with van der Waals surface area (Å²) in [5.41, 5.74) is 0.740. The maximum Gasteiger partial charge on any atom is 0.258 e. The van der Waals surface area contributed by atoms with Crippen LogP contribution in [0.5, 0.6) is 11.5 Å². The Morgan fingerprint density at radius 3 is 2.52 bits per heavy atom. The van der Waals surface area contributed by atoms with Gasteiger partial charge in [0.25, 0.3) is 5.91 Å². The van der Waals surface area contributed by atoms with E-state index in [1.165, 1.54) is 0 Å². The van der Waals surface area contributed by atoms with E-state index in [4.69, 9.17) is 14.6 Å². The predicted molar refractivity (Wildman–Crippen MR) is 81.5 cm³/mol. The molecule has 118 valence electrons. The number of aliphatic hydroxyl groups is 1. The van der Waals surface area contributed by atoms with E-state index in [1.807, 2.05) is 27.7 Å². The van der Waals surface area contributed by atoms with Crippen LogP contribution in [0.2, 0.25) is 0 Å². The molecule has 0 heterocycles. The molecule has 1 atom stereocenters. The lowest BCUT2D eigenvalue weighted by molar-refractivity contribution is -0.124. The third-order valence-electron chi connectivity index (χ3n) is 3.24. The minimum Gasteiger partial charge on any atom is -0.490 e. The summed E-state index contributed by atoms with van der Waals surface area (Å²) in [6.07, 6.45) is 0. The molecule has 1 amide bonds. The first-order chi connectivity index (χ1) is 9.97. The summed E-state index contributed by atoms with van der Waals surface area (Å²) in [5, 5.41) is 12.0. The molecule has 0 radical (unpaired) electrons. The molecule has 1 unspecified atom stereocenters. The molecule has 1 aromatic carbocycles. The normalized spacial score (nSPS) is 12.1. The second-order valence-corrected chi connectivity index (χ2v) is 5.26. The van der Waals surface area contributed by atoms with Crippen LogP contribution in [0.4, 0.5) is 0 Å². The summed E-state index contributed by atoms with van der Waals surface area (Å²) < 4.78 is 11.0. The first kappa shape index (κ1) is 17.3. The molecule has 0 saturated heterocycles. The number of ether oxygens (including phenoxy) is 2. The first-order valence-electron chi connectivity index (χ1n) is 7.26. The fraction of sp³-hybridized carbons (Fsp3) is 0.562. The molecule has 0 aliphatic rings. The third kappa shape index (κ3) is 5.63. The fourth-order valence-electron chi connectivity index (χ4n) is 1.64. The van der Waals surface area contributed by atoms with E-state index in [1.54, 1.807) is 18.2 Å². The molecule has 0 aliphatic heterocycles. The lowest BCUT2D eigenvalue weighted by Gasteiger charge is -2.18. The molecule has 0 fully saturated rings. The van der Waals surface area contributed by atoms with Crippen LogP contribution in [0, 0.1) is 5.92 Å². The molecule has 0 spiro atoms. The number of nitrogens with one attached hydrogen (secondary N) is 1. The van der Waals surface area contributed by atoms with Crippen molar-refractivity contribution in [1.82, 2.24) is 5.32 Å². The quantitative estimate of drug-likeness (QED) is 0.771. The van der Waals surface area contributed by atoms with Crippen LogP contribution < -0.4 is 14.8 Å². The molecule has 0 saturated carbocycles. The van der Waals surface area contributed by atoms with Crippen LogP contribution in [0.1, 0.15) is 33.3 Å². The Labute approximate surface area is 126 Å². The zero-order chi connectivity index (χ0) is 15.8. The standard InChI is InChI=1S/C16H25NO4/c1-5-20-15-8-13(9-18)6-7-14(15)21-10-16(19)17-12(4)11(2)3/h6-8,11-12,18H,5,9-10H2,1-4H3,(H,17,19). The third-order valence-corrected chi connectivity index (χ3v) is 3.24. The molecule has 5 heteroatoms. The second-order valence-electron chi connectivity index (χ2n) is 5.26. The van der Waals surface area contributed by atoms with Crippen LogP contribution >= 0.6 is 0 Å². The smallest absolute Gasteiger partial charge is 0.258 e. The summed E-state index contributed by atoms with van der Waals surface area (Å²) in [4.78, 5) is 11.8. The Balaban J connectivity index is 2.63. The lowest BCUT2D eigenvalue weighted by atomic mass is 10.1. The van der Waals surface area contributed by atoms with Crippen molar-refractivity contribution in [3.05, 3.63) is 23.8 Å². The number of carbonyl (C=O) groups is 1. The predicted octanol–water partition coefficient (Wildman–Crippen LogP) is 2.12. The van der Waals surface area contributed by atoms with Crippen molar-refractivity contribution in [2.45, 2.75) is 40.3 Å². The summed E-state index contributed by atoms with van der Waals surface area (Å²) in [6.45, 7) is 8.29. The van der Waals surface area contributed by atoms with Gasteiger partial charge in [-0.3, -0.25) is 4.79 Å². The van der Waals surface area contributed by atoms with Gasteiger partial charge in [0.2, 0.25) is 0 Å². The Morgan fingerprint density at radius 1 is 1.24 bits per heavy atom. The van der Waals surface area contributed by atoms with Gasteiger partial charge in [-0.2, -0.15) is 0 Å². The van der Waals surface area contributed by atoms with Gasteiger partial charge in [-0.05, 0) is 37.5 Å². The van der Waals surface area contributed by atoms with Crippen LogP contribution in [0.15, 0.2) is 18.2 Å². The Bertz CT molecular complexity index is 460. The van der Waals surface area contributed by atoms with Gasteiger partial charge in [-0.1, -0.05) is 19.9 Å². The first-order valence-corrected chi connectivity index (χ1v) is 7.26. The molecule has 5 nitrogen and oxygen atoms in total. The molecule has 0 aliphatic carbocycles. The van der Waals surface area contributed by atoms with Crippen molar-refractivity contribution >= 4 is 5.91 Å². The van der Waals surface area contributed by atoms with Crippen molar-refractivity contribution in [2.24, 2.45) is 5.92 Å². The molecule has 2 N–H and O–H groups in total. The molecule has 0 bridgehead atoms. The highest BCUT2D eigenvalue weighted by Crippen LogP contribution is 2.28. The number of carbonyl (C=O) groups excluding carboxylic acids is 1. The zero-order valence-corrected chi connectivity index (χ0v) is 13.2. The summed E-state index contributed by atoms with van der Waals surface area (Å²) in [5.74, 6) is 1.25. The zero-order valence-electron chi connectivity index (χ0n) is 13.2. The average molecular weight is 295 g/mol. The molecule has 1 aromatic rings. The number of rotatable bonds is 8. The highest BCUT2D eigenvalue weighted by molar-refractivity contribution is 5.77. The highest BCUT2D eigenvalue weighted by Gasteiger charge is 2.13. The lowest BCUT2D eigenvalue weighted by Crippen LogP contribution is -2.38. The summed E-state index contributed by atoms with van der Waals surface area (Å²) in [6, 6.07) is 5.26. The van der Waals surface area contributed by atoms with Gasteiger partial charge in [0, 0.05) is 6.04 Å². The molecule has 0 aromatic heterocycles. The molecule has 1 rings (SSSR count). The minimum atomic E-state index is -0.162. The van der Waals surface area contributed by atoms with Crippen molar-refractivity contribution in [1.29, 1.82) is 0 Å². The van der Waals surface area contributed by atoms with Crippen molar-refractivity contribution in [2.75, 3.05) is 13.2 Å².